The van der Waals surface area contributed by atoms with Crippen LogP contribution in [0.3, 0.4) is 0 Å². The third kappa shape index (κ3) is 5.53. The molecular weight excluding hydrogens is 274 g/mol. The van der Waals surface area contributed by atoms with Crippen LogP contribution in [0.15, 0.2) is 11.5 Å². The Hall–Kier alpha value is -1.04. The molecule has 0 aliphatic rings. The number of aromatic nitrogens is 3. The lowest BCUT2D eigenvalue weighted by atomic mass is 9.97. The van der Waals surface area contributed by atoms with Crippen LogP contribution in [-0.2, 0) is 16.6 Å². The summed E-state index contributed by atoms with van der Waals surface area (Å²) in [6.07, 6.45) is 5.97. The number of unbranched alkanes of at least 4 members (excludes halogenated alkanes) is 3. The van der Waals surface area contributed by atoms with E-state index in [-0.39, 0.29) is 5.97 Å². The first kappa shape index (κ1) is 17.0. The summed E-state index contributed by atoms with van der Waals surface area (Å²) in [6.45, 7) is 6.51. The van der Waals surface area contributed by atoms with E-state index in [4.69, 9.17) is 4.74 Å². The molecule has 0 fully saturated rings. The van der Waals surface area contributed by atoms with Crippen LogP contribution < -0.4 is 0 Å². The van der Waals surface area contributed by atoms with Crippen LogP contribution in [0.4, 0.5) is 0 Å². The Balaban J connectivity index is 2.31. The number of esters is 1. The molecule has 0 unspecified atom stereocenters. The molecule has 5 nitrogen and oxygen atoms in total. The standard InChI is InChI=1S/C14H25N3O2S/c1-5-6-7-8-9-19-12(18)14(2,3)10-20-13-15-11-16-17(13)4/h11H,5-10H2,1-4H3. The summed E-state index contributed by atoms with van der Waals surface area (Å²) in [5, 5.41) is 4.82. The highest BCUT2D eigenvalue weighted by Gasteiger charge is 2.30. The van der Waals surface area contributed by atoms with Crippen molar-refractivity contribution in [1.29, 1.82) is 0 Å². The van der Waals surface area contributed by atoms with Crippen LogP contribution in [0.25, 0.3) is 0 Å². The zero-order valence-electron chi connectivity index (χ0n) is 12.9. The lowest BCUT2D eigenvalue weighted by molar-refractivity contribution is -0.152. The predicted octanol–water partition coefficient (Wildman–Crippen LogP) is 3.06. The third-order valence-corrected chi connectivity index (χ3v) is 4.51. The van der Waals surface area contributed by atoms with Gasteiger partial charge in [0.25, 0.3) is 0 Å². The van der Waals surface area contributed by atoms with Crippen molar-refractivity contribution in [3.63, 3.8) is 0 Å². The van der Waals surface area contributed by atoms with Crippen LogP contribution in [-0.4, -0.2) is 33.1 Å². The number of hydrogen-bond acceptors (Lipinski definition) is 5. The molecule has 0 aliphatic carbocycles. The summed E-state index contributed by atoms with van der Waals surface area (Å²) >= 11 is 1.52. The summed E-state index contributed by atoms with van der Waals surface area (Å²) < 4.78 is 7.06. The molecule has 0 spiro atoms. The quantitative estimate of drug-likeness (QED) is 0.398. The smallest absolute Gasteiger partial charge is 0.312 e. The van der Waals surface area contributed by atoms with E-state index in [2.05, 4.69) is 17.0 Å². The van der Waals surface area contributed by atoms with E-state index in [1.807, 2.05) is 20.9 Å². The molecule has 0 radical (unpaired) electrons. The highest BCUT2D eigenvalue weighted by Crippen LogP contribution is 2.27. The maximum Gasteiger partial charge on any atom is 0.312 e. The Morgan fingerprint density at radius 3 is 2.75 bits per heavy atom. The molecular formula is C14H25N3O2S. The molecule has 1 aromatic rings. The van der Waals surface area contributed by atoms with Crippen molar-refractivity contribution in [3.05, 3.63) is 6.33 Å². The highest BCUT2D eigenvalue weighted by molar-refractivity contribution is 7.99. The van der Waals surface area contributed by atoms with Crippen LogP contribution in [0.1, 0.15) is 46.5 Å². The summed E-state index contributed by atoms with van der Waals surface area (Å²) in [5.41, 5.74) is -0.513. The molecule has 1 heterocycles. The average molecular weight is 299 g/mol. The average Bonchev–Trinajstić information content (AvgIpc) is 2.81. The molecule has 0 saturated heterocycles. The number of carbonyl (C=O) groups is 1. The van der Waals surface area contributed by atoms with E-state index in [1.54, 1.807) is 4.68 Å². The lowest BCUT2D eigenvalue weighted by Gasteiger charge is -2.21. The molecule has 1 aromatic heterocycles. The Kier molecular flexibility index (Phi) is 7.05. The fourth-order valence-electron chi connectivity index (χ4n) is 1.61. The van der Waals surface area contributed by atoms with Gasteiger partial charge in [-0.15, -0.1) is 0 Å². The molecule has 0 aromatic carbocycles. The number of aryl methyl sites for hydroxylation is 1. The van der Waals surface area contributed by atoms with Gasteiger partial charge in [0, 0.05) is 12.8 Å². The number of rotatable bonds is 9. The lowest BCUT2D eigenvalue weighted by Crippen LogP contribution is -2.29. The minimum atomic E-state index is -0.513. The zero-order chi connectivity index (χ0) is 15.0. The second-order valence-electron chi connectivity index (χ2n) is 5.54. The summed E-state index contributed by atoms with van der Waals surface area (Å²) in [5.74, 6) is 0.497. The number of ether oxygens (including phenoxy) is 1. The van der Waals surface area contributed by atoms with Gasteiger partial charge in [-0.3, -0.25) is 4.79 Å². The number of carbonyl (C=O) groups excluding carboxylic acids is 1. The fraction of sp³-hybridized carbons (Fsp3) is 0.786. The van der Waals surface area contributed by atoms with Gasteiger partial charge >= 0.3 is 5.97 Å². The van der Waals surface area contributed by atoms with Crippen LogP contribution in [0, 0.1) is 5.41 Å². The van der Waals surface area contributed by atoms with Gasteiger partial charge < -0.3 is 4.74 Å². The Bertz CT molecular complexity index is 418. The van der Waals surface area contributed by atoms with Gasteiger partial charge in [0.1, 0.15) is 6.33 Å². The maximum atomic E-state index is 12.1. The van der Waals surface area contributed by atoms with Crippen molar-refractivity contribution in [2.45, 2.75) is 51.6 Å². The molecule has 0 bridgehead atoms. The second kappa shape index (κ2) is 8.29. The number of thioether (sulfide) groups is 1. The van der Waals surface area contributed by atoms with Crippen LogP contribution >= 0.6 is 11.8 Å². The topological polar surface area (TPSA) is 57.0 Å². The maximum absolute atomic E-state index is 12.1. The monoisotopic (exact) mass is 299 g/mol. The van der Waals surface area contributed by atoms with Gasteiger partial charge in [-0.2, -0.15) is 5.10 Å². The van der Waals surface area contributed by atoms with E-state index in [9.17, 15) is 4.79 Å². The van der Waals surface area contributed by atoms with E-state index in [0.717, 1.165) is 18.0 Å². The van der Waals surface area contributed by atoms with Gasteiger partial charge in [0.2, 0.25) is 0 Å². The van der Waals surface area contributed by atoms with E-state index < -0.39 is 5.41 Å². The van der Waals surface area contributed by atoms with Crippen LogP contribution in [0.2, 0.25) is 0 Å². The zero-order valence-corrected chi connectivity index (χ0v) is 13.7. The first-order valence-corrected chi connectivity index (χ1v) is 8.10. The van der Waals surface area contributed by atoms with Crippen molar-refractivity contribution < 1.29 is 9.53 Å². The van der Waals surface area contributed by atoms with Gasteiger partial charge in [-0.25, -0.2) is 9.67 Å². The Morgan fingerprint density at radius 1 is 1.40 bits per heavy atom. The first-order chi connectivity index (χ1) is 9.47. The van der Waals surface area contributed by atoms with Gasteiger partial charge in [-0.05, 0) is 20.3 Å². The normalized spacial score (nSPS) is 11.6. The van der Waals surface area contributed by atoms with E-state index in [0.29, 0.717) is 12.4 Å². The fourth-order valence-corrected chi connectivity index (χ4v) is 2.57. The third-order valence-electron chi connectivity index (χ3n) is 3.02. The van der Waals surface area contributed by atoms with E-state index >= 15 is 0 Å². The Morgan fingerprint density at radius 2 is 2.15 bits per heavy atom. The van der Waals surface area contributed by atoms with Gasteiger partial charge in [-0.1, -0.05) is 37.9 Å². The second-order valence-corrected chi connectivity index (χ2v) is 6.48. The molecule has 0 N–H and O–H groups in total. The number of nitrogens with zero attached hydrogens (tertiary/aromatic N) is 3. The first-order valence-electron chi connectivity index (χ1n) is 7.11. The molecule has 20 heavy (non-hydrogen) atoms. The van der Waals surface area contributed by atoms with Crippen molar-refractivity contribution in [2.24, 2.45) is 12.5 Å². The van der Waals surface area contributed by atoms with Crippen molar-refractivity contribution >= 4 is 17.7 Å². The molecule has 6 heteroatoms. The Labute approximate surface area is 125 Å². The van der Waals surface area contributed by atoms with E-state index in [1.165, 1.54) is 30.9 Å². The van der Waals surface area contributed by atoms with Gasteiger partial charge in [0.05, 0.1) is 12.0 Å². The van der Waals surface area contributed by atoms with Gasteiger partial charge in [0.15, 0.2) is 5.16 Å². The predicted molar refractivity (Wildman–Crippen MR) is 80.6 cm³/mol. The summed E-state index contributed by atoms with van der Waals surface area (Å²) in [4.78, 5) is 16.2. The van der Waals surface area contributed by atoms with Crippen molar-refractivity contribution in [1.82, 2.24) is 14.8 Å². The van der Waals surface area contributed by atoms with Crippen LogP contribution in [0.5, 0.6) is 0 Å². The minimum absolute atomic E-state index is 0.135. The SMILES string of the molecule is CCCCCCOC(=O)C(C)(C)CSc1ncnn1C. The largest absolute Gasteiger partial charge is 0.465 e. The molecule has 1 rings (SSSR count). The number of hydrogen-bond donors (Lipinski definition) is 0. The highest BCUT2D eigenvalue weighted by atomic mass is 32.2. The summed E-state index contributed by atoms with van der Waals surface area (Å²) in [6, 6.07) is 0. The molecule has 0 aliphatic heterocycles. The molecule has 0 amide bonds. The van der Waals surface area contributed by atoms with Crippen molar-refractivity contribution in [2.75, 3.05) is 12.4 Å². The summed E-state index contributed by atoms with van der Waals surface area (Å²) in [7, 11) is 1.84. The van der Waals surface area contributed by atoms with Crippen molar-refractivity contribution in [3.8, 4) is 0 Å². The minimum Gasteiger partial charge on any atom is -0.465 e. The molecule has 114 valence electrons. The molecule has 0 saturated carbocycles. The molecule has 0 atom stereocenters.